The van der Waals surface area contributed by atoms with Gasteiger partial charge in [0, 0.05) is 48.6 Å². The zero-order valence-corrected chi connectivity index (χ0v) is 22.5. The topological polar surface area (TPSA) is 56.9 Å². The summed E-state index contributed by atoms with van der Waals surface area (Å²) in [6.45, 7) is 4.29. The highest BCUT2D eigenvalue weighted by molar-refractivity contribution is 14.2. The predicted molar refractivity (Wildman–Crippen MR) is 144 cm³/mol. The number of rotatable bonds is 5. The molecule has 1 atom stereocenters. The number of imidazole rings is 1. The highest BCUT2D eigenvalue weighted by atomic mass is 127. The Morgan fingerprint density at radius 3 is 2.68 bits per heavy atom. The second-order valence-electron chi connectivity index (χ2n) is 9.61. The van der Waals surface area contributed by atoms with E-state index < -0.39 is 0 Å². The second kappa shape index (κ2) is 8.28. The Bertz CT molecular complexity index is 1420. The minimum Gasteiger partial charge on any atom is -0.497 e. The van der Waals surface area contributed by atoms with E-state index in [1.54, 1.807) is 19.2 Å². The summed E-state index contributed by atoms with van der Waals surface area (Å²) in [7, 11) is 3.63. The van der Waals surface area contributed by atoms with E-state index in [0.29, 0.717) is 34.7 Å². The lowest BCUT2D eigenvalue weighted by Crippen LogP contribution is -2.59. The van der Waals surface area contributed by atoms with Crippen molar-refractivity contribution >= 4 is 39.3 Å². The van der Waals surface area contributed by atoms with Gasteiger partial charge < -0.3 is 14.6 Å². The van der Waals surface area contributed by atoms with Gasteiger partial charge in [-0.05, 0) is 71.0 Å². The third kappa shape index (κ3) is 3.33. The van der Waals surface area contributed by atoms with Crippen LogP contribution in [-0.2, 0) is 7.05 Å². The molecule has 1 N–H and O–H groups in total. The average molecular weight is 589 g/mol. The Balaban J connectivity index is 1.58. The molecule has 0 amide bonds. The summed E-state index contributed by atoms with van der Waals surface area (Å²) >= 11 is 2.35. The van der Waals surface area contributed by atoms with Gasteiger partial charge in [-0.15, -0.1) is 0 Å². The van der Waals surface area contributed by atoms with Gasteiger partial charge in [0.15, 0.2) is 0 Å². The molecule has 34 heavy (non-hydrogen) atoms. The maximum Gasteiger partial charge on any atom is 0.136 e. The first-order valence-corrected chi connectivity index (χ1v) is 15.5. The van der Waals surface area contributed by atoms with Crippen molar-refractivity contribution < 1.29 is 9.13 Å². The molecule has 1 spiro atoms. The van der Waals surface area contributed by atoms with Crippen LogP contribution in [0.15, 0.2) is 36.5 Å². The first-order chi connectivity index (χ1) is 16.4. The first kappa shape index (κ1) is 22.4. The Kier molecular flexibility index (Phi) is 5.46. The highest BCUT2D eigenvalue weighted by Gasteiger charge is 2.50. The highest BCUT2D eigenvalue weighted by Crippen LogP contribution is 2.54. The first-order valence-electron chi connectivity index (χ1n) is 11.4. The molecule has 6 rings (SSSR count). The summed E-state index contributed by atoms with van der Waals surface area (Å²) in [5.41, 5.74) is 5.85. The summed E-state index contributed by atoms with van der Waals surface area (Å²) in [6.07, 6.45) is 4.70. The van der Waals surface area contributed by atoms with Crippen LogP contribution in [0.4, 0.5) is 4.39 Å². The Labute approximate surface area is 212 Å². The van der Waals surface area contributed by atoms with Crippen LogP contribution in [0.25, 0.3) is 33.4 Å². The van der Waals surface area contributed by atoms with Crippen molar-refractivity contribution in [1.29, 1.82) is 0 Å². The third-order valence-electron chi connectivity index (χ3n) is 7.56. The van der Waals surface area contributed by atoms with Crippen LogP contribution in [0.5, 0.6) is 5.75 Å². The fourth-order valence-corrected chi connectivity index (χ4v) is 7.24. The average Bonchev–Trinajstić information content (AvgIpc) is 3.33. The maximum absolute atomic E-state index is 15.4. The van der Waals surface area contributed by atoms with Gasteiger partial charge in [-0.25, -0.2) is 13.8 Å². The van der Waals surface area contributed by atoms with Crippen LogP contribution in [0, 0.1) is 18.2 Å². The maximum atomic E-state index is 15.4. The fourth-order valence-electron chi connectivity index (χ4n) is 5.70. The van der Waals surface area contributed by atoms with Crippen LogP contribution in [0.2, 0.25) is 0 Å². The van der Waals surface area contributed by atoms with E-state index in [4.69, 9.17) is 9.72 Å². The number of nitrogens with one attached hydrogen (secondary N) is 1. The van der Waals surface area contributed by atoms with Gasteiger partial charge in [0.25, 0.3) is 0 Å². The van der Waals surface area contributed by atoms with Gasteiger partial charge in [-0.1, -0.05) is 6.07 Å². The third-order valence-corrected chi connectivity index (χ3v) is 9.45. The smallest absolute Gasteiger partial charge is 0.136 e. The molecule has 1 saturated carbocycles. The second-order valence-corrected chi connectivity index (χ2v) is 11.7. The molecule has 6 nitrogen and oxygen atoms in total. The molecule has 1 saturated heterocycles. The molecule has 176 valence electrons. The zero-order valence-electron chi connectivity index (χ0n) is 19.3. The zero-order chi connectivity index (χ0) is 23.6. The van der Waals surface area contributed by atoms with E-state index in [1.807, 2.05) is 10.6 Å². The van der Waals surface area contributed by atoms with E-state index in [-0.39, 0.29) is 5.82 Å². The summed E-state index contributed by atoms with van der Waals surface area (Å²) in [6, 6.07) is 9.28. The van der Waals surface area contributed by atoms with Crippen LogP contribution in [0.1, 0.15) is 30.1 Å². The lowest BCUT2D eigenvalue weighted by atomic mass is 9.58. The molecule has 1 aliphatic carbocycles. The number of halogens is 2. The van der Waals surface area contributed by atoms with Crippen LogP contribution in [-0.4, -0.2) is 39.3 Å². The van der Waals surface area contributed by atoms with E-state index in [9.17, 15) is 0 Å². The standard InChI is InChI=1S/C25H26FIN5OP/c1-14-4-7-20-18(11-29-32(20)34-27)21(14)23-22(17-6-5-16(33-3)8-19(17)26)30-24(31(23)2)15-9-25(10-15)12-28-13-25/h4-8,11,15,28,34H,9-10,12-13H2,1-3H3. The van der Waals surface area contributed by atoms with Gasteiger partial charge in [0.05, 0.1) is 36.6 Å². The molecule has 0 radical (unpaired) electrons. The van der Waals surface area contributed by atoms with Crippen molar-refractivity contribution in [2.45, 2.75) is 25.7 Å². The molecular weight excluding hydrogens is 563 g/mol. The molecule has 3 heterocycles. The van der Waals surface area contributed by atoms with Gasteiger partial charge in [-0.2, -0.15) is 5.10 Å². The number of nitrogens with zero attached hydrogens (tertiary/aromatic N) is 4. The Morgan fingerprint density at radius 2 is 2.03 bits per heavy atom. The van der Waals surface area contributed by atoms with Crippen molar-refractivity contribution in [2.24, 2.45) is 12.5 Å². The van der Waals surface area contributed by atoms with Crippen molar-refractivity contribution in [3.05, 3.63) is 53.7 Å². The molecule has 2 aromatic carbocycles. The number of hydrogen-bond donors (Lipinski definition) is 1. The monoisotopic (exact) mass is 589 g/mol. The Morgan fingerprint density at radius 1 is 1.24 bits per heavy atom. The normalized spacial score (nSPS) is 17.6. The number of fused-ring (bicyclic) bond motifs is 1. The fraction of sp³-hybridized carbons (Fsp3) is 0.360. The molecule has 2 aliphatic rings. The van der Waals surface area contributed by atoms with E-state index in [1.165, 1.54) is 6.07 Å². The van der Waals surface area contributed by atoms with Gasteiger partial charge in [0.2, 0.25) is 0 Å². The van der Waals surface area contributed by atoms with Gasteiger partial charge >= 0.3 is 0 Å². The Hall–Kier alpha value is -2.03. The summed E-state index contributed by atoms with van der Waals surface area (Å²) in [5.74, 6) is 1.60. The SMILES string of the molecule is COc1ccc(-c2nc(C3CC4(CNC4)C3)n(C)c2-c2c(C)ccc3c2cnn3PI)c(F)c1. The lowest BCUT2D eigenvalue weighted by Gasteiger charge is -2.54. The van der Waals surface area contributed by atoms with Gasteiger partial charge in [0.1, 0.15) is 17.4 Å². The quantitative estimate of drug-likeness (QED) is 0.236. The summed E-state index contributed by atoms with van der Waals surface area (Å²) < 4.78 is 24.8. The van der Waals surface area contributed by atoms with Crippen molar-refractivity contribution in [3.63, 3.8) is 0 Å². The van der Waals surface area contributed by atoms with Crippen molar-refractivity contribution in [3.8, 4) is 28.3 Å². The minimum absolute atomic E-state index is 0.326. The van der Waals surface area contributed by atoms with Gasteiger partial charge in [-0.3, -0.25) is 0 Å². The van der Waals surface area contributed by atoms with Crippen molar-refractivity contribution in [2.75, 3.05) is 20.2 Å². The molecule has 2 fully saturated rings. The van der Waals surface area contributed by atoms with E-state index in [0.717, 1.165) is 59.5 Å². The molecule has 1 unspecified atom stereocenters. The van der Waals surface area contributed by atoms with Crippen LogP contribution < -0.4 is 10.1 Å². The van der Waals surface area contributed by atoms with Crippen molar-refractivity contribution in [1.82, 2.24) is 24.4 Å². The molecule has 1 aliphatic heterocycles. The number of ether oxygens (including phenoxy) is 1. The summed E-state index contributed by atoms with van der Waals surface area (Å²) in [4.78, 5) is 5.13. The molecular formula is C25H26FIN5OP. The number of benzene rings is 2. The van der Waals surface area contributed by atoms with E-state index >= 15 is 4.39 Å². The number of aryl methyl sites for hydroxylation is 1. The molecule has 9 heteroatoms. The minimum atomic E-state index is -0.326. The van der Waals surface area contributed by atoms with Crippen LogP contribution in [0.3, 0.4) is 0 Å². The molecule has 4 aromatic rings. The number of methoxy groups -OCH3 is 1. The number of hydrogen-bond acceptors (Lipinski definition) is 4. The van der Waals surface area contributed by atoms with E-state index in [2.05, 4.69) is 63.1 Å². The number of aromatic nitrogens is 4. The lowest BCUT2D eigenvalue weighted by molar-refractivity contribution is 0.0321. The summed E-state index contributed by atoms with van der Waals surface area (Å²) in [5, 5.41) is 9.10. The predicted octanol–water partition coefficient (Wildman–Crippen LogP) is 5.82. The molecule has 2 aromatic heterocycles. The van der Waals surface area contributed by atoms with Crippen LogP contribution >= 0.6 is 28.4 Å². The largest absolute Gasteiger partial charge is 0.497 e. The molecule has 0 bridgehead atoms.